The summed E-state index contributed by atoms with van der Waals surface area (Å²) >= 11 is 0. The van der Waals surface area contributed by atoms with Gasteiger partial charge in [0, 0.05) is 6.54 Å². The van der Waals surface area contributed by atoms with E-state index in [9.17, 15) is 13.2 Å². The molecule has 8 heteroatoms. The zero-order chi connectivity index (χ0) is 22.3. The minimum absolute atomic E-state index is 0.0123. The fraction of sp³-hybridized carbons (Fsp3) is 0.174. The average molecular weight is 441 g/mol. The van der Waals surface area contributed by atoms with Crippen LogP contribution in [0.15, 0.2) is 77.7 Å². The van der Waals surface area contributed by atoms with Crippen LogP contribution in [0.3, 0.4) is 0 Å². The third-order valence-electron chi connectivity index (χ3n) is 4.57. The largest absolute Gasteiger partial charge is 0.493 e. The summed E-state index contributed by atoms with van der Waals surface area (Å²) < 4.78 is 33.9. The molecule has 0 saturated heterocycles. The summed E-state index contributed by atoms with van der Waals surface area (Å²) in [4.78, 5) is 12.3. The summed E-state index contributed by atoms with van der Waals surface area (Å²) in [5.41, 5.74) is 2.60. The summed E-state index contributed by atoms with van der Waals surface area (Å²) in [6, 6.07) is 21.2. The highest BCUT2D eigenvalue weighted by molar-refractivity contribution is 7.89. The molecule has 0 aliphatic carbocycles. The molecule has 3 N–H and O–H groups in total. The van der Waals surface area contributed by atoms with Crippen LogP contribution in [-0.4, -0.2) is 21.4 Å². The van der Waals surface area contributed by atoms with E-state index in [-0.39, 0.29) is 17.2 Å². The van der Waals surface area contributed by atoms with E-state index in [0.29, 0.717) is 30.2 Å². The molecular formula is C23H24N2O5S. The van der Waals surface area contributed by atoms with E-state index in [4.69, 9.17) is 14.6 Å². The first-order chi connectivity index (χ1) is 14.8. The first kappa shape index (κ1) is 22.3. The summed E-state index contributed by atoms with van der Waals surface area (Å²) in [6.45, 7) is 0.751. The number of benzene rings is 3. The van der Waals surface area contributed by atoms with Crippen molar-refractivity contribution in [2.45, 2.75) is 24.5 Å². The maximum Gasteiger partial charge on any atom is 0.238 e. The van der Waals surface area contributed by atoms with Gasteiger partial charge in [-0.2, -0.15) is 0 Å². The maximum atomic E-state index is 12.2. The Bertz CT molecular complexity index is 1130. The van der Waals surface area contributed by atoms with Gasteiger partial charge >= 0.3 is 0 Å². The van der Waals surface area contributed by atoms with E-state index < -0.39 is 10.0 Å². The normalized spacial score (nSPS) is 11.0. The van der Waals surface area contributed by atoms with Crippen molar-refractivity contribution in [3.05, 3.63) is 89.5 Å². The number of methoxy groups -OCH3 is 1. The first-order valence-corrected chi connectivity index (χ1v) is 11.1. The van der Waals surface area contributed by atoms with Gasteiger partial charge in [0.25, 0.3) is 0 Å². The molecule has 1 amide bonds. The number of carbonyl (C=O) groups excluding carboxylic acids is 1. The summed E-state index contributed by atoms with van der Waals surface area (Å²) in [5, 5.41) is 7.92. The van der Waals surface area contributed by atoms with Gasteiger partial charge in [-0.25, -0.2) is 13.6 Å². The number of rotatable bonds is 9. The number of nitrogens with two attached hydrogens (primary N) is 1. The van der Waals surface area contributed by atoms with Gasteiger partial charge in [0.2, 0.25) is 15.9 Å². The molecule has 0 saturated carbocycles. The minimum atomic E-state index is -3.75. The van der Waals surface area contributed by atoms with Gasteiger partial charge in [-0.15, -0.1) is 0 Å². The highest BCUT2D eigenvalue weighted by atomic mass is 32.2. The van der Waals surface area contributed by atoms with Crippen LogP contribution in [-0.2, 0) is 34.4 Å². The van der Waals surface area contributed by atoms with Crippen LogP contribution in [0.2, 0.25) is 0 Å². The van der Waals surface area contributed by atoms with E-state index in [1.807, 2.05) is 48.5 Å². The van der Waals surface area contributed by atoms with Crippen molar-refractivity contribution in [3.63, 3.8) is 0 Å². The van der Waals surface area contributed by atoms with Crippen LogP contribution < -0.4 is 19.9 Å². The fourth-order valence-electron chi connectivity index (χ4n) is 2.92. The highest BCUT2D eigenvalue weighted by Gasteiger charge is 2.10. The van der Waals surface area contributed by atoms with Crippen molar-refractivity contribution in [2.75, 3.05) is 7.11 Å². The molecule has 31 heavy (non-hydrogen) atoms. The molecule has 3 rings (SSSR count). The Morgan fingerprint density at radius 2 is 1.58 bits per heavy atom. The second-order valence-corrected chi connectivity index (χ2v) is 8.46. The number of carbonyl (C=O) groups is 1. The summed E-state index contributed by atoms with van der Waals surface area (Å²) in [6.07, 6.45) is 0.125. The Balaban J connectivity index is 1.55. The number of ether oxygens (including phenoxy) is 2. The lowest BCUT2D eigenvalue weighted by Crippen LogP contribution is -2.24. The smallest absolute Gasteiger partial charge is 0.238 e. The van der Waals surface area contributed by atoms with E-state index in [2.05, 4.69) is 5.32 Å². The number of hydrogen-bond donors (Lipinski definition) is 2. The third-order valence-corrected chi connectivity index (χ3v) is 5.50. The molecule has 0 unspecified atom stereocenters. The molecule has 0 aliphatic rings. The fourth-order valence-corrected chi connectivity index (χ4v) is 3.44. The van der Waals surface area contributed by atoms with Gasteiger partial charge < -0.3 is 14.8 Å². The van der Waals surface area contributed by atoms with Crippen molar-refractivity contribution in [1.29, 1.82) is 0 Å². The molecule has 3 aromatic rings. The molecule has 3 aromatic carbocycles. The number of primary sulfonamides is 1. The quantitative estimate of drug-likeness (QED) is 0.532. The molecule has 0 spiro atoms. The SMILES string of the molecule is COc1cc(CNC(=O)Cc2ccc(S(N)(=O)=O)cc2)ccc1OCc1ccccc1. The molecule has 0 bridgehead atoms. The molecule has 0 radical (unpaired) electrons. The Morgan fingerprint density at radius 3 is 2.23 bits per heavy atom. The average Bonchev–Trinajstić information content (AvgIpc) is 2.77. The maximum absolute atomic E-state index is 12.2. The van der Waals surface area contributed by atoms with Crippen molar-refractivity contribution >= 4 is 15.9 Å². The summed E-state index contributed by atoms with van der Waals surface area (Å²) in [7, 11) is -2.18. The van der Waals surface area contributed by atoms with Gasteiger partial charge in [0.15, 0.2) is 11.5 Å². The van der Waals surface area contributed by atoms with Crippen LogP contribution in [0.5, 0.6) is 11.5 Å². The molecule has 7 nitrogen and oxygen atoms in total. The van der Waals surface area contributed by atoms with E-state index >= 15 is 0 Å². The van der Waals surface area contributed by atoms with Gasteiger partial charge in [-0.3, -0.25) is 4.79 Å². The number of amides is 1. The monoisotopic (exact) mass is 440 g/mol. The van der Waals surface area contributed by atoms with Crippen LogP contribution in [0.4, 0.5) is 0 Å². The minimum Gasteiger partial charge on any atom is -0.493 e. The molecule has 0 atom stereocenters. The van der Waals surface area contributed by atoms with E-state index in [1.54, 1.807) is 19.2 Å². The number of nitrogens with one attached hydrogen (secondary N) is 1. The molecule has 0 aliphatic heterocycles. The highest BCUT2D eigenvalue weighted by Crippen LogP contribution is 2.28. The molecule has 0 fully saturated rings. The number of hydrogen-bond acceptors (Lipinski definition) is 5. The lowest BCUT2D eigenvalue weighted by Gasteiger charge is -2.13. The van der Waals surface area contributed by atoms with Crippen LogP contribution in [0.25, 0.3) is 0 Å². The predicted molar refractivity (Wildman–Crippen MR) is 117 cm³/mol. The van der Waals surface area contributed by atoms with Crippen molar-refractivity contribution < 1.29 is 22.7 Å². The second kappa shape index (κ2) is 10.1. The topological polar surface area (TPSA) is 108 Å². The van der Waals surface area contributed by atoms with Gasteiger partial charge in [0.05, 0.1) is 18.4 Å². The zero-order valence-electron chi connectivity index (χ0n) is 17.1. The molecular weight excluding hydrogens is 416 g/mol. The summed E-state index contributed by atoms with van der Waals surface area (Å²) in [5.74, 6) is 1.02. The van der Waals surface area contributed by atoms with Crippen molar-refractivity contribution in [3.8, 4) is 11.5 Å². The van der Waals surface area contributed by atoms with Gasteiger partial charge in [-0.1, -0.05) is 48.5 Å². The Morgan fingerprint density at radius 1 is 0.903 bits per heavy atom. The zero-order valence-corrected chi connectivity index (χ0v) is 17.9. The van der Waals surface area contributed by atoms with E-state index in [1.165, 1.54) is 12.1 Å². The van der Waals surface area contributed by atoms with Crippen LogP contribution >= 0.6 is 0 Å². The van der Waals surface area contributed by atoms with Crippen molar-refractivity contribution in [2.24, 2.45) is 5.14 Å². The van der Waals surface area contributed by atoms with Crippen molar-refractivity contribution in [1.82, 2.24) is 5.32 Å². The van der Waals surface area contributed by atoms with Gasteiger partial charge in [0.1, 0.15) is 6.61 Å². The lowest BCUT2D eigenvalue weighted by atomic mass is 10.1. The Labute approximate surface area is 181 Å². The lowest BCUT2D eigenvalue weighted by molar-refractivity contribution is -0.120. The molecule has 0 heterocycles. The van der Waals surface area contributed by atoms with Crippen LogP contribution in [0.1, 0.15) is 16.7 Å². The van der Waals surface area contributed by atoms with Gasteiger partial charge in [-0.05, 0) is 41.0 Å². The molecule has 162 valence electrons. The van der Waals surface area contributed by atoms with Crippen LogP contribution in [0, 0.1) is 0 Å². The third kappa shape index (κ3) is 6.56. The Kier molecular flexibility index (Phi) is 7.28. The second-order valence-electron chi connectivity index (χ2n) is 6.90. The molecule has 0 aromatic heterocycles. The van der Waals surface area contributed by atoms with E-state index in [0.717, 1.165) is 11.1 Å². The first-order valence-electron chi connectivity index (χ1n) is 9.57. The predicted octanol–water partition coefficient (Wildman–Crippen LogP) is 2.78. The Hall–Kier alpha value is -3.36. The number of sulfonamides is 1. The standard InChI is InChI=1S/C23H24N2O5S/c1-29-22-13-19(9-12-21(22)30-16-18-5-3-2-4-6-18)15-25-23(26)14-17-7-10-20(11-8-17)31(24,27)28/h2-13H,14-16H2,1H3,(H,25,26)(H2,24,27,28).